The second-order valence-electron chi connectivity index (χ2n) is 5.64. The van der Waals surface area contributed by atoms with Crippen molar-refractivity contribution >= 4 is 28.8 Å². The lowest BCUT2D eigenvalue weighted by Crippen LogP contribution is -2.41. The van der Waals surface area contributed by atoms with Crippen LogP contribution in [0.25, 0.3) is 11.4 Å². The summed E-state index contributed by atoms with van der Waals surface area (Å²) in [6.45, 7) is 0.357. The van der Waals surface area contributed by atoms with Crippen LogP contribution in [0.2, 0.25) is 5.02 Å². The fourth-order valence-corrected chi connectivity index (χ4v) is 3.40. The van der Waals surface area contributed by atoms with Crippen LogP contribution in [0.15, 0.2) is 42.0 Å². The molecule has 0 aliphatic heterocycles. The molecule has 130 valence electrons. The van der Waals surface area contributed by atoms with E-state index in [0.717, 1.165) is 17.0 Å². The van der Waals surface area contributed by atoms with Crippen molar-refractivity contribution in [1.29, 1.82) is 0 Å². The summed E-state index contributed by atoms with van der Waals surface area (Å²) >= 11 is 7.27. The number of amides is 1. The van der Waals surface area contributed by atoms with E-state index >= 15 is 0 Å². The second kappa shape index (κ2) is 7.77. The Morgan fingerprint density at radius 1 is 1.40 bits per heavy atom. The van der Waals surface area contributed by atoms with Crippen LogP contribution in [-0.2, 0) is 13.5 Å². The zero-order valence-corrected chi connectivity index (χ0v) is 15.2. The molecule has 3 aromatic rings. The molecular formula is C17H18ClN5OS. The van der Waals surface area contributed by atoms with Crippen molar-refractivity contribution in [1.82, 2.24) is 20.1 Å². The molecule has 0 radical (unpaired) electrons. The lowest BCUT2D eigenvalue weighted by molar-refractivity contribution is 0.0942. The highest BCUT2D eigenvalue weighted by molar-refractivity contribution is 7.12. The van der Waals surface area contributed by atoms with Crippen molar-refractivity contribution in [2.24, 2.45) is 12.8 Å². The average molecular weight is 376 g/mol. The minimum Gasteiger partial charge on any atom is -0.347 e. The van der Waals surface area contributed by atoms with Crippen LogP contribution in [0, 0.1) is 0 Å². The molecule has 1 atom stereocenters. The molecule has 0 aliphatic rings. The molecule has 0 saturated heterocycles. The fraction of sp³-hybridized carbons (Fsp3) is 0.235. The van der Waals surface area contributed by atoms with E-state index in [0.29, 0.717) is 22.9 Å². The van der Waals surface area contributed by atoms with Crippen molar-refractivity contribution in [3.05, 3.63) is 57.5 Å². The van der Waals surface area contributed by atoms with Gasteiger partial charge in [0.2, 0.25) is 0 Å². The highest BCUT2D eigenvalue weighted by atomic mass is 35.5. The van der Waals surface area contributed by atoms with Crippen molar-refractivity contribution in [3.63, 3.8) is 0 Å². The van der Waals surface area contributed by atoms with E-state index in [9.17, 15) is 4.79 Å². The van der Waals surface area contributed by atoms with Gasteiger partial charge in [-0.1, -0.05) is 23.7 Å². The molecule has 0 fully saturated rings. The van der Waals surface area contributed by atoms with Crippen molar-refractivity contribution in [3.8, 4) is 11.4 Å². The molecule has 1 aromatic carbocycles. The molecule has 3 N–H and O–H groups in total. The number of halogens is 1. The summed E-state index contributed by atoms with van der Waals surface area (Å²) in [4.78, 5) is 17.3. The molecule has 0 bridgehead atoms. The van der Waals surface area contributed by atoms with Crippen LogP contribution in [0.5, 0.6) is 0 Å². The van der Waals surface area contributed by atoms with E-state index in [2.05, 4.69) is 15.4 Å². The number of hydrogen-bond acceptors (Lipinski definition) is 5. The lowest BCUT2D eigenvalue weighted by atomic mass is 10.1. The first-order valence-electron chi connectivity index (χ1n) is 7.75. The van der Waals surface area contributed by atoms with Gasteiger partial charge in [-0.3, -0.25) is 4.79 Å². The zero-order chi connectivity index (χ0) is 17.8. The van der Waals surface area contributed by atoms with Gasteiger partial charge in [0, 0.05) is 35.6 Å². The summed E-state index contributed by atoms with van der Waals surface area (Å²) in [5.41, 5.74) is 7.77. The number of aromatic nitrogens is 3. The maximum absolute atomic E-state index is 12.5. The normalized spacial score (nSPS) is 12.1. The third-order valence-electron chi connectivity index (χ3n) is 3.81. The van der Waals surface area contributed by atoms with Crippen LogP contribution in [0.1, 0.15) is 15.2 Å². The molecule has 0 saturated carbocycles. The van der Waals surface area contributed by atoms with Gasteiger partial charge in [-0.05, 0) is 30.2 Å². The lowest BCUT2D eigenvalue weighted by Gasteiger charge is -2.16. The molecule has 0 spiro atoms. The summed E-state index contributed by atoms with van der Waals surface area (Å²) in [6.07, 6.45) is 2.14. The summed E-state index contributed by atoms with van der Waals surface area (Å²) < 4.78 is 1.67. The maximum Gasteiger partial charge on any atom is 0.261 e. The zero-order valence-electron chi connectivity index (χ0n) is 13.6. The molecule has 6 nitrogen and oxygen atoms in total. The van der Waals surface area contributed by atoms with E-state index in [1.165, 1.54) is 17.7 Å². The van der Waals surface area contributed by atoms with Crippen LogP contribution in [-0.4, -0.2) is 33.3 Å². The Bertz CT molecular complexity index is 858. The molecule has 8 heteroatoms. The fourth-order valence-electron chi connectivity index (χ4n) is 2.48. The van der Waals surface area contributed by atoms with Gasteiger partial charge in [-0.15, -0.1) is 11.3 Å². The van der Waals surface area contributed by atoms with Crippen molar-refractivity contribution in [2.75, 3.05) is 6.54 Å². The van der Waals surface area contributed by atoms with E-state index in [1.54, 1.807) is 4.68 Å². The number of benzene rings is 1. The van der Waals surface area contributed by atoms with Gasteiger partial charge in [0.05, 0.1) is 4.88 Å². The third-order valence-corrected chi connectivity index (χ3v) is 4.99. The summed E-state index contributed by atoms with van der Waals surface area (Å²) in [5, 5.41) is 9.62. The second-order valence-corrected chi connectivity index (χ2v) is 6.99. The Hall–Kier alpha value is -2.22. The number of nitrogens with one attached hydrogen (secondary N) is 1. The standard InChI is InChI=1S/C17H18ClN5OS/c1-23-16(20-10-21-23)12-7-15(25-9-12)17(24)22-14(8-19)6-11-2-4-13(18)5-3-11/h2-5,7,9-10,14H,6,8,19H2,1H3,(H,22,24)/t14-/m0/s1. The first kappa shape index (κ1) is 17.6. The maximum atomic E-state index is 12.5. The predicted molar refractivity (Wildman–Crippen MR) is 99.8 cm³/mol. The number of carbonyl (C=O) groups is 1. The quantitative estimate of drug-likeness (QED) is 0.693. The Morgan fingerprint density at radius 2 is 2.16 bits per heavy atom. The molecular weight excluding hydrogens is 358 g/mol. The first-order valence-corrected chi connectivity index (χ1v) is 9.01. The highest BCUT2D eigenvalue weighted by Gasteiger charge is 2.16. The van der Waals surface area contributed by atoms with Gasteiger partial charge in [0.1, 0.15) is 6.33 Å². The van der Waals surface area contributed by atoms with Gasteiger partial charge in [0.15, 0.2) is 5.82 Å². The summed E-state index contributed by atoms with van der Waals surface area (Å²) in [5.74, 6) is 0.592. The largest absolute Gasteiger partial charge is 0.347 e. The molecule has 0 unspecified atom stereocenters. The number of rotatable bonds is 6. The van der Waals surface area contributed by atoms with E-state index in [-0.39, 0.29) is 11.9 Å². The Kier molecular flexibility index (Phi) is 5.47. The summed E-state index contributed by atoms with van der Waals surface area (Å²) in [6, 6.07) is 9.22. The Labute approximate surface area is 154 Å². The minimum absolute atomic E-state index is 0.136. The smallest absolute Gasteiger partial charge is 0.261 e. The Balaban J connectivity index is 1.67. The molecule has 1 amide bonds. The average Bonchev–Trinajstić information content (AvgIpc) is 3.24. The van der Waals surface area contributed by atoms with E-state index < -0.39 is 0 Å². The number of aryl methyl sites for hydroxylation is 1. The third kappa shape index (κ3) is 4.25. The number of thiophene rings is 1. The van der Waals surface area contributed by atoms with Crippen LogP contribution >= 0.6 is 22.9 Å². The monoisotopic (exact) mass is 375 g/mol. The Morgan fingerprint density at radius 3 is 2.80 bits per heavy atom. The molecule has 2 heterocycles. The summed E-state index contributed by atoms with van der Waals surface area (Å²) in [7, 11) is 1.82. The van der Waals surface area contributed by atoms with Gasteiger partial charge in [-0.2, -0.15) is 5.10 Å². The topological polar surface area (TPSA) is 85.8 Å². The first-order chi connectivity index (χ1) is 12.1. The minimum atomic E-state index is -0.144. The van der Waals surface area contributed by atoms with Crippen molar-refractivity contribution in [2.45, 2.75) is 12.5 Å². The van der Waals surface area contributed by atoms with Gasteiger partial charge < -0.3 is 11.1 Å². The predicted octanol–water partition coefficient (Wildman–Crippen LogP) is 2.50. The van der Waals surface area contributed by atoms with Gasteiger partial charge >= 0.3 is 0 Å². The molecule has 25 heavy (non-hydrogen) atoms. The molecule has 3 rings (SSSR count). The molecule has 2 aromatic heterocycles. The number of hydrogen-bond donors (Lipinski definition) is 2. The molecule has 0 aliphatic carbocycles. The van der Waals surface area contributed by atoms with Crippen LogP contribution < -0.4 is 11.1 Å². The number of carbonyl (C=O) groups excluding carboxylic acids is 1. The number of nitrogens with zero attached hydrogens (tertiary/aromatic N) is 3. The van der Waals surface area contributed by atoms with Gasteiger partial charge in [0.25, 0.3) is 5.91 Å². The van der Waals surface area contributed by atoms with Gasteiger partial charge in [-0.25, -0.2) is 9.67 Å². The highest BCUT2D eigenvalue weighted by Crippen LogP contribution is 2.23. The SMILES string of the molecule is Cn1ncnc1-c1csc(C(=O)N[C@H](CN)Cc2ccc(Cl)cc2)c1. The number of nitrogens with two attached hydrogens (primary N) is 1. The van der Waals surface area contributed by atoms with Crippen LogP contribution in [0.3, 0.4) is 0 Å². The van der Waals surface area contributed by atoms with E-state index in [4.69, 9.17) is 17.3 Å². The van der Waals surface area contributed by atoms with Crippen LogP contribution in [0.4, 0.5) is 0 Å². The van der Waals surface area contributed by atoms with Crippen molar-refractivity contribution < 1.29 is 4.79 Å². The van der Waals surface area contributed by atoms with E-state index in [1.807, 2.05) is 42.8 Å².